The topological polar surface area (TPSA) is 103 Å². The molecule has 0 bridgehead atoms. The van der Waals surface area contributed by atoms with Crippen LogP contribution in [0.2, 0.25) is 0 Å². The fourth-order valence-electron chi connectivity index (χ4n) is 3.14. The first-order valence-corrected chi connectivity index (χ1v) is 10.8. The maximum atomic E-state index is 12.8. The van der Waals surface area contributed by atoms with Crippen LogP contribution in [0.1, 0.15) is 22.2 Å². The molecule has 8 nitrogen and oxygen atoms in total. The van der Waals surface area contributed by atoms with Gasteiger partial charge in [-0.3, -0.25) is 10.1 Å². The summed E-state index contributed by atoms with van der Waals surface area (Å²) in [5.41, 5.74) is 2.01. The first-order chi connectivity index (χ1) is 15.3. The minimum absolute atomic E-state index is 0.102. The summed E-state index contributed by atoms with van der Waals surface area (Å²) in [6.07, 6.45) is 0. The van der Waals surface area contributed by atoms with Crippen molar-refractivity contribution in [3.63, 3.8) is 0 Å². The van der Waals surface area contributed by atoms with Crippen LogP contribution < -0.4 is 15.4 Å². The smallest absolute Gasteiger partial charge is 0.341 e. The molecule has 0 radical (unpaired) electrons. The fourth-order valence-corrected chi connectivity index (χ4v) is 4.48. The van der Waals surface area contributed by atoms with Crippen molar-refractivity contribution < 1.29 is 19.2 Å². The van der Waals surface area contributed by atoms with Gasteiger partial charge in [0.15, 0.2) is 5.11 Å². The van der Waals surface area contributed by atoms with E-state index in [1.54, 1.807) is 13.0 Å². The lowest BCUT2D eigenvalue weighted by molar-refractivity contribution is -0.384. The molecule has 0 aliphatic rings. The van der Waals surface area contributed by atoms with E-state index in [4.69, 9.17) is 21.7 Å². The van der Waals surface area contributed by atoms with E-state index in [1.807, 2.05) is 37.3 Å². The zero-order valence-electron chi connectivity index (χ0n) is 17.6. The second-order valence-corrected chi connectivity index (χ2v) is 8.18. The zero-order valence-corrected chi connectivity index (χ0v) is 19.3. The summed E-state index contributed by atoms with van der Waals surface area (Å²) in [6, 6.07) is 13.9. The van der Waals surface area contributed by atoms with Gasteiger partial charge in [0, 0.05) is 10.4 Å². The Morgan fingerprint density at radius 3 is 2.53 bits per heavy atom. The number of hydrogen-bond acceptors (Lipinski definition) is 7. The number of carbonyl (C=O) groups excluding carboxylic acids is 1. The van der Waals surface area contributed by atoms with Crippen molar-refractivity contribution in [2.45, 2.75) is 13.8 Å². The molecule has 0 spiro atoms. The Hall–Kier alpha value is -3.50. The second kappa shape index (κ2) is 10.2. The average molecular weight is 472 g/mol. The molecular formula is C22H21N3O5S2. The number of ether oxygens (including phenoxy) is 2. The molecule has 0 saturated heterocycles. The Bertz CT molecular complexity index is 1160. The van der Waals surface area contributed by atoms with Gasteiger partial charge in [-0.15, -0.1) is 11.3 Å². The van der Waals surface area contributed by atoms with Crippen LogP contribution in [-0.2, 0) is 4.74 Å². The van der Waals surface area contributed by atoms with E-state index in [1.165, 1.54) is 30.6 Å². The lowest BCUT2D eigenvalue weighted by Crippen LogP contribution is -2.21. The van der Waals surface area contributed by atoms with Crippen LogP contribution >= 0.6 is 23.6 Å². The van der Waals surface area contributed by atoms with Crippen LogP contribution in [0.5, 0.6) is 5.75 Å². The second-order valence-electron chi connectivity index (χ2n) is 6.54. The predicted octanol–water partition coefficient (Wildman–Crippen LogP) is 5.63. The monoisotopic (exact) mass is 471 g/mol. The number of nitrogens with zero attached hydrogens (tertiary/aromatic N) is 1. The molecule has 32 heavy (non-hydrogen) atoms. The summed E-state index contributed by atoms with van der Waals surface area (Å²) in [5, 5.41) is 17.9. The predicted molar refractivity (Wildman–Crippen MR) is 130 cm³/mol. The Balaban J connectivity index is 1.95. The van der Waals surface area contributed by atoms with Crippen molar-refractivity contribution >= 4 is 51.0 Å². The van der Waals surface area contributed by atoms with E-state index in [0.717, 1.165) is 16.0 Å². The molecule has 0 atom stereocenters. The number of benzene rings is 2. The molecule has 10 heteroatoms. The summed E-state index contributed by atoms with van der Waals surface area (Å²) in [5.74, 6) is -0.122. The number of anilines is 2. The molecular weight excluding hydrogens is 450 g/mol. The van der Waals surface area contributed by atoms with Crippen molar-refractivity contribution in [1.29, 1.82) is 0 Å². The van der Waals surface area contributed by atoms with Crippen LogP contribution in [0.15, 0.2) is 48.5 Å². The number of nitrogens with one attached hydrogen (secondary N) is 2. The highest BCUT2D eigenvalue weighted by atomic mass is 32.1. The summed E-state index contributed by atoms with van der Waals surface area (Å²) in [6.45, 7) is 3.87. The number of thiophene rings is 1. The molecule has 2 N–H and O–H groups in total. The molecule has 1 aromatic heterocycles. The van der Waals surface area contributed by atoms with Crippen molar-refractivity contribution in [2.24, 2.45) is 0 Å². The number of nitro groups is 1. The van der Waals surface area contributed by atoms with Gasteiger partial charge in [-0.2, -0.15) is 0 Å². The SMILES string of the molecule is CCOC(=O)c1c(NC(=S)Nc2ccc(OC)cc2[N+](=O)[O-])sc(C)c1-c1ccccc1. The molecule has 0 aliphatic heterocycles. The summed E-state index contributed by atoms with van der Waals surface area (Å²) in [4.78, 5) is 24.6. The molecule has 166 valence electrons. The lowest BCUT2D eigenvalue weighted by Gasteiger charge is -2.12. The van der Waals surface area contributed by atoms with Crippen molar-refractivity contribution in [1.82, 2.24) is 0 Å². The number of nitro benzene ring substituents is 1. The van der Waals surface area contributed by atoms with E-state index < -0.39 is 10.9 Å². The van der Waals surface area contributed by atoms with Gasteiger partial charge in [-0.05, 0) is 43.8 Å². The maximum absolute atomic E-state index is 12.8. The van der Waals surface area contributed by atoms with Gasteiger partial charge in [0.2, 0.25) is 0 Å². The molecule has 0 amide bonds. The number of rotatable bonds is 7. The van der Waals surface area contributed by atoms with Crippen LogP contribution in [-0.4, -0.2) is 29.7 Å². The fraction of sp³-hybridized carbons (Fsp3) is 0.182. The minimum atomic E-state index is -0.527. The van der Waals surface area contributed by atoms with Crippen molar-refractivity contribution in [2.75, 3.05) is 24.4 Å². The number of thiocarbonyl (C=S) groups is 1. The first kappa shape index (κ1) is 23.2. The highest BCUT2D eigenvalue weighted by molar-refractivity contribution is 7.80. The molecule has 3 aromatic rings. The molecule has 0 unspecified atom stereocenters. The maximum Gasteiger partial charge on any atom is 0.341 e. The van der Waals surface area contributed by atoms with Crippen LogP contribution in [0, 0.1) is 17.0 Å². The van der Waals surface area contributed by atoms with E-state index in [0.29, 0.717) is 16.3 Å². The zero-order chi connectivity index (χ0) is 23.3. The Kier molecular flexibility index (Phi) is 7.39. The normalized spacial score (nSPS) is 10.3. The van der Waals surface area contributed by atoms with Gasteiger partial charge in [-0.1, -0.05) is 30.3 Å². The first-order valence-electron chi connectivity index (χ1n) is 9.62. The van der Waals surface area contributed by atoms with Crippen molar-refractivity contribution in [3.8, 4) is 16.9 Å². The van der Waals surface area contributed by atoms with Gasteiger partial charge in [-0.25, -0.2) is 4.79 Å². The Morgan fingerprint density at radius 1 is 1.19 bits per heavy atom. The van der Waals surface area contributed by atoms with E-state index in [9.17, 15) is 14.9 Å². The Labute approximate surface area is 194 Å². The molecule has 2 aromatic carbocycles. The standard InChI is InChI=1S/C22H21N3O5S2/c1-4-30-21(26)19-18(14-8-6-5-7-9-14)13(2)32-20(19)24-22(31)23-16-11-10-15(29-3)12-17(16)25(27)28/h5-12H,4H2,1-3H3,(H2,23,24,31). The number of esters is 1. The largest absolute Gasteiger partial charge is 0.496 e. The Morgan fingerprint density at radius 2 is 1.91 bits per heavy atom. The third kappa shape index (κ3) is 5.04. The number of methoxy groups -OCH3 is 1. The molecule has 1 heterocycles. The highest BCUT2D eigenvalue weighted by Gasteiger charge is 2.25. The van der Waals surface area contributed by atoms with Gasteiger partial charge in [0.1, 0.15) is 22.0 Å². The summed E-state index contributed by atoms with van der Waals surface area (Å²) >= 11 is 6.74. The summed E-state index contributed by atoms with van der Waals surface area (Å²) in [7, 11) is 1.43. The van der Waals surface area contributed by atoms with E-state index in [2.05, 4.69) is 10.6 Å². The molecule has 0 aliphatic carbocycles. The molecule has 0 saturated carbocycles. The summed E-state index contributed by atoms with van der Waals surface area (Å²) < 4.78 is 10.3. The van der Waals surface area contributed by atoms with Crippen LogP contribution in [0.25, 0.3) is 11.1 Å². The third-order valence-electron chi connectivity index (χ3n) is 4.50. The van der Waals surface area contributed by atoms with Crippen LogP contribution in [0.3, 0.4) is 0 Å². The number of aryl methyl sites for hydroxylation is 1. The minimum Gasteiger partial charge on any atom is -0.496 e. The van der Waals surface area contributed by atoms with Gasteiger partial charge in [0.25, 0.3) is 5.69 Å². The average Bonchev–Trinajstić information content (AvgIpc) is 3.10. The van der Waals surface area contributed by atoms with Gasteiger partial charge in [0.05, 0.1) is 24.7 Å². The highest BCUT2D eigenvalue weighted by Crippen LogP contribution is 2.40. The lowest BCUT2D eigenvalue weighted by atomic mass is 10.0. The van der Waals surface area contributed by atoms with E-state index >= 15 is 0 Å². The van der Waals surface area contributed by atoms with Gasteiger partial charge >= 0.3 is 5.97 Å². The van der Waals surface area contributed by atoms with Gasteiger partial charge < -0.3 is 20.1 Å². The molecule has 0 fully saturated rings. The van der Waals surface area contributed by atoms with Crippen LogP contribution in [0.4, 0.5) is 16.4 Å². The number of carbonyl (C=O) groups is 1. The quantitative estimate of drug-likeness (QED) is 0.198. The molecule has 3 rings (SSSR count). The van der Waals surface area contributed by atoms with Crippen molar-refractivity contribution in [3.05, 3.63) is 69.1 Å². The van der Waals surface area contributed by atoms with E-state index in [-0.39, 0.29) is 23.1 Å². The third-order valence-corrected chi connectivity index (χ3v) is 5.73. The number of hydrogen-bond donors (Lipinski definition) is 2.